The summed E-state index contributed by atoms with van der Waals surface area (Å²) in [5, 5.41) is 0. The van der Waals surface area contributed by atoms with E-state index in [1.54, 1.807) is 7.11 Å². The molecular formula is C2H7OPW. The van der Waals surface area contributed by atoms with Crippen LogP contribution in [-0.2, 0) is 25.6 Å². The first kappa shape index (κ1) is 9.42. The van der Waals surface area contributed by atoms with Crippen LogP contribution in [-0.4, -0.2) is 13.8 Å². The zero-order chi connectivity index (χ0) is 3.41. The van der Waals surface area contributed by atoms with Crippen molar-refractivity contribution in [3.63, 3.8) is 0 Å². The maximum absolute atomic E-state index is 4.57. The van der Waals surface area contributed by atoms with Crippen LogP contribution in [0.5, 0.6) is 0 Å². The van der Waals surface area contributed by atoms with E-state index in [0.29, 0.717) is 8.81 Å². The standard InChI is InChI=1S/C2H7OP.W/c1-3-4-2;/h4H,1-2H3;. The molecule has 1 atom stereocenters. The van der Waals surface area contributed by atoms with Crippen molar-refractivity contribution in [3.05, 3.63) is 0 Å². The molecule has 0 fully saturated rings. The molecule has 0 aliphatic heterocycles. The van der Waals surface area contributed by atoms with Crippen molar-refractivity contribution in [1.29, 1.82) is 0 Å². The van der Waals surface area contributed by atoms with E-state index in [9.17, 15) is 0 Å². The van der Waals surface area contributed by atoms with Crippen LogP contribution in [0.1, 0.15) is 0 Å². The van der Waals surface area contributed by atoms with E-state index >= 15 is 0 Å². The Morgan fingerprint density at radius 2 is 1.80 bits per heavy atom. The molecule has 0 spiro atoms. The second-order valence-corrected chi connectivity index (χ2v) is 1.22. The number of rotatable bonds is 1. The van der Waals surface area contributed by atoms with Gasteiger partial charge in [0.05, 0.1) is 0 Å². The van der Waals surface area contributed by atoms with Gasteiger partial charge < -0.3 is 4.52 Å². The van der Waals surface area contributed by atoms with Gasteiger partial charge in [-0.15, -0.1) is 0 Å². The molecule has 0 aliphatic carbocycles. The van der Waals surface area contributed by atoms with Crippen LogP contribution < -0.4 is 0 Å². The summed E-state index contributed by atoms with van der Waals surface area (Å²) in [7, 11) is 2.33. The summed E-state index contributed by atoms with van der Waals surface area (Å²) in [6, 6.07) is 0. The van der Waals surface area contributed by atoms with Crippen LogP contribution in [0.25, 0.3) is 0 Å². The largest absolute Gasteiger partial charge is 0.366 e. The van der Waals surface area contributed by atoms with E-state index in [1.807, 2.05) is 6.66 Å². The Balaban J connectivity index is 0. The average Bonchev–Trinajstić information content (AvgIpc) is 1.37. The summed E-state index contributed by atoms with van der Waals surface area (Å²) < 4.78 is 4.57. The van der Waals surface area contributed by atoms with Crippen molar-refractivity contribution < 1.29 is 25.6 Å². The minimum atomic E-state index is 0. The Kier molecular flexibility index (Phi) is 16.8. The van der Waals surface area contributed by atoms with Crippen molar-refractivity contribution in [2.45, 2.75) is 0 Å². The Bertz CT molecular complexity index is 11.6. The Morgan fingerprint density at radius 3 is 1.80 bits per heavy atom. The first-order chi connectivity index (χ1) is 1.91. The number of hydrogen-bond donors (Lipinski definition) is 0. The van der Waals surface area contributed by atoms with Crippen LogP contribution in [0.15, 0.2) is 0 Å². The molecule has 0 aliphatic rings. The first-order valence-corrected chi connectivity index (χ1v) is 2.52. The zero-order valence-electron chi connectivity index (χ0n) is 3.32. The van der Waals surface area contributed by atoms with Crippen LogP contribution >= 0.6 is 8.81 Å². The van der Waals surface area contributed by atoms with E-state index in [1.165, 1.54) is 0 Å². The normalized spacial score (nSPS) is 8.40. The second-order valence-electron chi connectivity index (χ2n) is 0.408. The van der Waals surface area contributed by atoms with Gasteiger partial charge in [0.15, 0.2) is 0 Å². The second kappa shape index (κ2) is 8.91. The zero-order valence-corrected chi connectivity index (χ0v) is 7.25. The van der Waals surface area contributed by atoms with E-state index in [0.717, 1.165) is 0 Å². The molecule has 1 unspecified atom stereocenters. The van der Waals surface area contributed by atoms with Crippen molar-refractivity contribution in [2.75, 3.05) is 13.8 Å². The molecule has 0 saturated heterocycles. The van der Waals surface area contributed by atoms with Crippen molar-refractivity contribution in [3.8, 4) is 0 Å². The predicted molar refractivity (Wildman–Crippen MR) is 21.2 cm³/mol. The summed E-state index contributed by atoms with van der Waals surface area (Å²) in [6.45, 7) is 1.99. The summed E-state index contributed by atoms with van der Waals surface area (Å²) in [4.78, 5) is 0. The third-order valence-corrected chi connectivity index (χ3v) is 0.612. The molecule has 0 radical (unpaired) electrons. The van der Waals surface area contributed by atoms with Crippen LogP contribution in [0, 0.1) is 0 Å². The molecule has 0 amide bonds. The Hall–Kier alpha value is 1.08. The molecule has 0 heterocycles. The van der Waals surface area contributed by atoms with Crippen LogP contribution in [0.4, 0.5) is 0 Å². The third-order valence-electron chi connectivity index (χ3n) is 0.204. The van der Waals surface area contributed by atoms with E-state index in [-0.39, 0.29) is 21.1 Å². The summed E-state index contributed by atoms with van der Waals surface area (Å²) >= 11 is 0. The molecule has 3 heteroatoms. The van der Waals surface area contributed by atoms with Gasteiger partial charge in [-0.05, 0) is 6.66 Å². The summed E-state index contributed by atoms with van der Waals surface area (Å²) in [5.41, 5.74) is 0. The first-order valence-electron chi connectivity index (χ1n) is 1.11. The molecule has 0 N–H and O–H groups in total. The van der Waals surface area contributed by atoms with Crippen LogP contribution in [0.2, 0.25) is 0 Å². The van der Waals surface area contributed by atoms with Gasteiger partial charge in [0.1, 0.15) is 0 Å². The van der Waals surface area contributed by atoms with Crippen molar-refractivity contribution in [1.82, 2.24) is 0 Å². The quantitative estimate of drug-likeness (QED) is 0.636. The molecule has 5 heavy (non-hydrogen) atoms. The molecular weight excluding hydrogens is 255 g/mol. The topological polar surface area (TPSA) is 9.23 Å². The molecule has 0 saturated carbocycles. The monoisotopic (exact) mass is 262 g/mol. The molecule has 0 aromatic carbocycles. The average molecular weight is 262 g/mol. The number of hydrogen-bond acceptors (Lipinski definition) is 1. The smallest absolute Gasteiger partial charge is 0.0394 e. The van der Waals surface area contributed by atoms with Gasteiger partial charge in [-0.1, -0.05) is 0 Å². The summed E-state index contributed by atoms with van der Waals surface area (Å²) in [6.07, 6.45) is 0. The van der Waals surface area contributed by atoms with E-state index in [2.05, 4.69) is 4.52 Å². The molecule has 32 valence electrons. The van der Waals surface area contributed by atoms with Crippen molar-refractivity contribution >= 4 is 8.81 Å². The van der Waals surface area contributed by atoms with Gasteiger partial charge in [-0.3, -0.25) is 0 Å². The Labute approximate surface area is 48.6 Å². The fourth-order valence-corrected chi connectivity index (χ4v) is 0. The minimum Gasteiger partial charge on any atom is -0.366 e. The third kappa shape index (κ3) is 11.1. The van der Waals surface area contributed by atoms with Gasteiger partial charge in [-0.2, -0.15) is 0 Å². The maximum atomic E-state index is 4.57. The predicted octanol–water partition coefficient (Wildman–Crippen LogP) is 0.854. The fourth-order valence-electron chi connectivity index (χ4n) is 0. The van der Waals surface area contributed by atoms with E-state index < -0.39 is 0 Å². The Morgan fingerprint density at radius 1 is 1.60 bits per heavy atom. The maximum Gasteiger partial charge on any atom is 0.0394 e. The molecule has 0 rings (SSSR count). The molecule has 0 aromatic heterocycles. The summed E-state index contributed by atoms with van der Waals surface area (Å²) in [5.74, 6) is 0. The molecule has 0 bridgehead atoms. The van der Waals surface area contributed by atoms with Gasteiger partial charge >= 0.3 is 0 Å². The van der Waals surface area contributed by atoms with Gasteiger partial charge in [0.25, 0.3) is 0 Å². The van der Waals surface area contributed by atoms with Crippen LogP contribution in [0.3, 0.4) is 0 Å². The van der Waals surface area contributed by atoms with E-state index in [4.69, 9.17) is 0 Å². The van der Waals surface area contributed by atoms with Gasteiger partial charge in [-0.25, -0.2) is 0 Å². The molecule has 0 aromatic rings. The fraction of sp³-hybridized carbons (Fsp3) is 1.00. The minimum absolute atomic E-state index is 0. The van der Waals surface area contributed by atoms with Crippen molar-refractivity contribution in [2.24, 2.45) is 0 Å². The van der Waals surface area contributed by atoms with Gasteiger partial charge in [0, 0.05) is 37.0 Å². The SMILES string of the molecule is COPC.[W]. The van der Waals surface area contributed by atoms with Gasteiger partial charge in [0.2, 0.25) is 0 Å². The molecule has 1 nitrogen and oxygen atoms in total.